The highest BCUT2D eigenvalue weighted by atomic mass is 32.2. The minimum Gasteiger partial charge on any atom is -0.492 e. The van der Waals surface area contributed by atoms with Gasteiger partial charge >= 0.3 is 0 Å². The summed E-state index contributed by atoms with van der Waals surface area (Å²) in [7, 11) is 1.85. The molecule has 2 heterocycles. The van der Waals surface area contributed by atoms with Crippen LogP contribution in [0.25, 0.3) is 10.9 Å². The number of H-pyrrole nitrogens is 1. The van der Waals surface area contributed by atoms with Crippen molar-refractivity contribution in [3.8, 4) is 5.75 Å². The van der Waals surface area contributed by atoms with Gasteiger partial charge in [-0.1, -0.05) is 17.8 Å². The Balaban J connectivity index is 1.48. The van der Waals surface area contributed by atoms with Gasteiger partial charge in [0, 0.05) is 45.8 Å². The Morgan fingerprint density at radius 2 is 2.12 bits per heavy atom. The number of ether oxygens (including phenoxy) is 1. The summed E-state index contributed by atoms with van der Waals surface area (Å²) in [5.41, 5.74) is 2.82. The molecule has 0 aliphatic heterocycles. The third-order valence-corrected chi connectivity index (χ3v) is 7.11. The highest BCUT2D eigenvalue weighted by molar-refractivity contribution is 7.99. The Kier molecular flexibility index (Phi) is 7.29. The fourth-order valence-electron chi connectivity index (χ4n) is 3.44. The van der Waals surface area contributed by atoms with E-state index in [9.17, 15) is 9.18 Å². The molecule has 4 rings (SSSR count). The fraction of sp³-hybridized carbons (Fsp3) is 0.250. The van der Waals surface area contributed by atoms with Gasteiger partial charge in [-0.15, -0.1) is 0 Å². The summed E-state index contributed by atoms with van der Waals surface area (Å²) in [4.78, 5) is 15.0. The second kappa shape index (κ2) is 10.4. The summed E-state index contributed by atoms with van der Waals surface area (Å²) in [6.45, 7) is 2.50. The first-order valence-electron chi connectivity index (χ1n) is 10.4. The first-order chi connectivity index (χ1) is 16.0. The van der Waals surface area contributed by atoms with Crippen LogP contribution in [0, 0.1) is 12.7 Å². The predicted octanol–water partition coefficient (Wildman–Crippen LogP) is 5.17. The van der Waals surface area contributed by atoms with Crippen LogP contribution < -0.4 is 10.1 Å². The second-order valence-corrected chi connectivity index (χ2v) is 9.60. The molecule has 33 heavy (non-hydrogen) atoms. The van der Waals surface area contributed by atoms with Crippen molar-refractivity contribution in [2.45, 2.75) is 23.3 Å². The van der Waals surface area contributed by atoms with Gasteiger partial charge in [-0.3, -0.25) is 9.89 Å². The number of hydrogen-bond donors (Lipinski definition) is 2. The maximum atomic E-state index is 14.4. The smallest absolute Gasteiger partial charge is 0.268 e. The van der Waals surface area contributed by atoms with Crippen molar-refractivity contribution in [3.63, 3.8) is 0 Å². The van der Waals surface area contributed by atoms with Crippen LogP contribution in [0.5, 0.6) is 5.75 Å². The molecule has 2 N–H and O–H groups in total. The molecule has 0 radical (unpaired) electrons. The number of amides is 1. The molecule has 4 aromatic rings. The third kappa shape index (κ3) is 5.20. The Morgan fingerprint density at radius 3 is 2.94 bits per heavy atom. The van der Waals surface area contributed by atoms with Crippen LogP contribution in [0.15, 0.2) is 58.5 Å². The molecule has 0 fully saturated rings. The lowest BCUT2D eigenvalue weighted by Crippen LogP contribution is -2.26. The third-order valence-electron chi connectivity index (χ3n) is 5.41. The first kappa shape index (κ1) is 23.3. The van der Waals surface area contributed by atoms with Gasteiger partial charge in [0.05, 0.1) is 18.3 Å². The maximum absolute atomic E-state index is 14.4. The van der Waals surface area contributed by atoms with Crippen LogP contribution in [-0.2, 0) is 13.6 Å². The molecule has 0 unspecified atom stereocenters. The van der Waals surface area contributed by atoms with E-state index in [2.05, 4.69) is 21.6 Å². The predicted molar refractivity (Wildman–Crippen MR) is 132 cm³/mol. The van der Waals surface area contributed by atoms with Gasteiger partial charge in [0.2, 0.25) is 0 Å². The molecule has 0 aliphatic rings. The van der Waals surface area contributed by atoms with Crippen molar-refractivity contribution < 1.29 is 13.9 Å². The van der Waals surface area contributed by atoms with Gasteiger partial charge in [0.1, 0.15) is 17.3 Å². The standard InChI is InChI=1S/C24H25FN4O2S2/c1-15-23(33-17-7-8-20-16(11-17)13-27-28-20)12-21(29(15)2)24(30)26-14-18-19(25)5-4-6-22(18)31-9-10-32-3/h4-8,11-13H,9-10,14H2,1-3H3,(H,26,30)(H,27,28). The van der Waals surface area contributed by atoms with Crippen LogP contribution in [0.1, 0.15) is 21.7 Å². The number of rotatable bonds is 9. The average Bonchev–Trinajstić information content (AvgIpc) is 3.38. The number of benzene rings is 2. The number of hydrogen-bond acceptors (Lipinski definition) is 5. The number of nitrogens with one attached hydrogen (secondary N) is 2. The maximum Gasteiger partial charge on any atom is 0.268 e. The number of halogens is 1. The molecule has 172 valence electrons. The van der Waals surface area contributed by atoms with Gasteiger partial charge in [-0.25, -0.2) is 4.39 Å². The number of fused-ring (bicyclic) bond motifs is 1. The number of aromatic nitrogens is 3. The molecular weight excluding hydrogens is 459 g/mol. The number of aromatic amines is 1. The van der Waals surface area contributed by atoms with E-state index in [4.69, 9.17) is 4.74 Å². The van der Waals surface area contributed by atoms with E-state index in [0.29, 0.717) is 23.6 Å². The second-order valence-electron chi connectivity index (χ2n) is 7.50. The normalized spacial score (nSPS) is 11.2. The molecule has 0 spiro atoms. The van der Waals surface area contributed by atoms with Crippen molar-refractivity contribution in [2.75, 3.05) is 18.6 Å². The lowest BCUT2D eigenvalue weighted by atomic mass is 10.2. The van der Waals surface area contributed by atoms with Crippen molar-refractivity contribution in [1.82, 2.24) is 20.1 Å². The van der Waals surface area contributed by atoms with Gasteiger partial charge in [0.25, 0.3) is 5.91 Å². The SMILES string of the molecule is CSCCOc1cccc(F)c1CNC(=O)c1cc(Sc2ccc3[nH]ncc3c2)c(C)n1C. The summed E-state index contributed by atoms with van der Waals surface area (Å²) in [5, 5.41) is 10.9. The molecule has 0 atom stereocenters. The average molecular weight is 485 g/mol. The van der Waals surface area contributed by atoms with Crippen LogP contribution in [0.2, 0.25) is 0 Å². The number of carbonyl (C=O) groups is 1. The largest absolute Gasteiger partial charge is 0.492 e. The highest BCUT2D eigenvalue weighted by Crippen LogP contribution is 2.33. The molecule has 0 bridgehead atoms. The van der Waals surface area contributed by atoms with Crippen molar-refractivity contribution in [2.24, 2.45) is 7.05 Å². The minimum atomic E-state index is -0.397. The zero-order chi connectivity index (χ0) is 23.4. The molecule has 2 aromatic carbocycles. The fourth-order valence-corrected chi connectivity index (χ4v) is 4.72. The number of nitrogens with zero attached hydrogens (tertiary/aromatic N) is 2. The van der Waals surface area contributed by atoms with Crippen molar-refractivity contribution in [1.29, 1.82) is 0 Å². The summed E-state index contributed by atoms with van der Waals surface area (Å²) in [6.07, 6.45) is 3.78. The van der Waals surface area contributed by atoms with E-state index in [1.54, 1.807) is 41.9 Å². The quantitative estimate of drug-likeness (QED) is 0.321. The van der Waals surface area contributed by atoms with Gasteiger partial charge < -0.3 is 14.6 Å². The monoisotopic (exact) mass is 484 g/mol. The Labute approximate surface area is 200 Å². The first-order valence-corrected chi connectivity index (χ1v) is 12.6. The molecule has 6 nitrogen and oxygen atoms in total. The summed E-state index contributed by atoms with van der Waals surface area (Å²) in [5.74, 6) is 0.596. The Bertz CT molecular complexity index is 1280. The summed E-state index contributed by atoms with van der Waals surface area (Å²) >= 11 is 3.25. The molecule has 9 heteroatoms. The van der Waals surface area contributed by atoms with Crippen LogP contribution in [-0.4, -0.2) is 39.3 Å². The Morgan fingerprint density at radius 1 is 1.27 bits per heavy atom. The number of carbonyl (C=O) groups excluding carboxylic acids is 1. The zero-order valence-electron chi connectivity index (χ0n) is 18.6. The molecule has 2 aromatic heterocycles. The molecule has 0 aliphatic carbocycles. The summed E-state index contributed by atoms with van der Waals surface area (Å²) < 4.78 is 22.0. The molecule has 0 saturated carbocycles. The molecule has 0 saturated heterocycles. The van der Waals surface area contributed by atoms with Gasteiger partial charge in [0.15, 0.2) is 0 Å². The minimum absolute atomic E-state index is 0.0456. The van der Waals surface area contributed by atoms with Gasteiger partial charge in [-0.2, -0.15) is 16.9 Å². The van der Waals surface area contributed by atoms with E-state index in [1.807, 2.05) is 43.0 Å². The van der Waals surface area contributed by atoms with E-state index in [-0.39, 0.29) is 12.5 Å². The number of thioether (sulfide) groups is 1. The van der Waals surface area contributed by atoms with Crippen LogP contribution >= 0.6 is 23.5 Å². The van der Waals surface area contributed by atoms with Crippen LogP contribution in [0.4, 0.5) is 4.39 Å². The van der Waals surface area contributed by atoms with Crippen molar-refractivity contribution >= 4 is 40.3 Å². The summed E-state index contributed by atoms with van der Waals surface area (Å²) in [6, 6.07) is 12.7. The van der Waals surface area contributed by atoms with E-state index in [0.717, 1.165) is 32.1 Å². The van der Waals surface area contributed by atoms with Crippen LogP contribution in [0.3, 0.4) is 0 Å². The van der Waals surface area contributed by atoms with E-state index in [1.165, 1.54) is 6.07 Å². The topological polar surface area (TPSA) is 71.9 Å². The highest BCUT2D eigenvalue weighted by Gasteiger charge is 2.18. The molecular formula is C24H25FN4O2S2. The lowest BCUT2D eigenvalue weighted by Gasteiger charge is -2.13. The van der Waals surface area contributed by atoms with Gasteiger partial charge in [-0.05, 0) is 49.6 Å². The van der Waals surface area contributed by atoms with E-state index >= 15 is 0 Å². The van der Waals surface area contributed by atoms with E-state index < -0.39 is 5.82 Å². The zero-order valence-corrected chi connectivity index (χ0v) is 20.3. The molecule has 1 amide bonds. The lowest BCUT2D eigenvalue weighted by molar-refractivity contribution is 0.0942. The van der Waals surface area contributed by atoms with Crippen molar-refractivity contribution in [3.05, 3.63) is 71.4 Å². The Hall–Kier alpha value is -2.91.